The summed E-state index contributed by atoms with van der Waals surface area (Å²) in [6.45, 7) is 5.71. The first-order valence-corrected chi connectivity index (χ1v) is 11.9. The summed E-state index contributed by atoms with van der Waals surface area (Å²) in [7, 11) is 7.10. The molecule has 0 fully saturated rings. The number of pyridine rings is 1. The van der Waals surface area contributed by atoms with Gasteiger partial charge in [0.1, 0.15) is 12.3 Å². The minimum absolute atomic E-state index is 0.0405. The highest BCUT2D eigenvalue weighted by molar-refractivity contribution is 7.30. The molecule has 3 aromatic rings. The van der Waals surface area contributed by atoms with Gasteiger partial charge in [-0.25, -0.2) is 19.9 Å². The monoisotopic (exact) mass is 493 g/mol. The molecule has 2 aromatic heterocycles. The molecule has 8 nitrogen and oxygen atoms in total. The van der Waals surface area contributed by atoms with Crippen LogP contribution < -0.4 is 20.2 Å². The topological polar surface area (TPSA) is 97.6 Å². The van der Waals surface area contributed by atoms with Gasteiger partial charge in [-0.05, 0) is 53.6 Å². The van der Waals surface area contributed by atoms with Crippen LogP contribution in [0.3, 0.4) is 0 Å². The molecule has 10 heteroatoms. The van der Waals surface area contributed by atoms with Crippen molar-refractivity contribution < 1.29 is 14.3 Å². The molecule has 0 N–H and O–H groups in total. The molecule has 2 atom stereocenters. The number of aromatic nitrogens is 3. The highest BCUT2D eigenvalue weighted by Crippen LogP contribution is 2.28. The van der Waals surface area contributed by atoms with Crippen LogP contribution in [0.4, 0.5) is 5.82 Å². The number of amides is 2. The van der Waals surface area contributed by atoms with Gasteiger partial charge in [0.2, 0.25) is 5.82 Å². The molecule has 0 bridgehead atoms. The van der Waals surface area contributed by atoms with Crippen molar-refractivity contribution in [1.29, 1.82) is 0 Å². The van der Waals surface area contributed by atoms with E-state index in [1.807, 2.05) is 26.0 Å². The van der Waals surface area contributed by atoms with Crippen molar-refractivity contribution in [3.63, 3.8) is 0 Å². The van der Waals surface area contributed by atoms with Gasteiger partial charge < -0.3 is 4.74 Å². The first-order valence-electron chi connectivity index (χ1n) is 10.7. The van der Waals surface area contributed by atoms with Gasteiger partial charge in [0.25, 0.3) is 5.91 Å². The molecule has 4 rings (SSSR count). The molecule has 2 unspecified atom stereocenters. The number of carbonyl (C=O) groups excluding carboxylic acids is 2. The number of hydrogen-bond acceptors (Lipinski definition) is 6. The average molecular weight is 493 g/mol. The molecule has 0 saturated carbocycles. The van der Waals surface area contributed by atoms with Crippen LogP contribution in [0.2, 0.25) is 0 Å². The second-order valence-electron chi connectivity index (χ2n) is 8.02. The standard InChI is InChI=1S/C24H25N5O3P2/c1-5-14-18(33)7-6-15(20(14)34)19-13(3)10-25-21(28-19)23(30)27-16-11-32-17-8-12(2)9-26-22(17)29(4)24(16)31/h6-10H,5,11,33-34H2,1-4H3. The summed E-state index contributed by atoms with van der Waals surface area (Å²) >= 11 is 0. The maximum atomic E-state index is 13.0. The number of rotatable bonds is 3. The summed E-state index contributed by atoms with van der Waals surface area (Å²) in [5.41, 5.74) is 4.42. The minimum Gasteiger partial charge on any atom is -0.483 e. The van der Waals surface area contributed by atoms with Crippen LogP contribution in [-0.4, -0.2) is 46.1 Å². The normalized spacial score (nSPS) is 14.6. The number of nitrogens with zero attached hydrogens (tertiary/aromatic N) is 5. The van der Waals surface area contributed by atoms with E-state index in [0.717, 1.165) is 33.7 Å². The number of anilines is 1. The lowest BCUT2D eigenvalue weighted by Crippen LogP contribution is -2.35. The van der Waals surface area contributed by atoms with Gasteiger partial charge in [0, 0.05) is 25.0 Å². The van der Waals surface area contributed by atoms with E-state index in [1.54, 1.807) is 25.5 Å². The molecular formula is C24H25N5O3P2. The molecule has 0 spiro atoms. The number of benzene rings is 1. The highest BCUT2D eigenvalue weighted by atomic mass is 31.0. The zero-order chi connectivity index (χ0) is 24.6. The predicted molar refractivity (Wildman–Crippen MR) is 140 cm³/mol. The van der Waals surface area contributed by atoms with Crippen LogP contribution in [0.15, 0.2) is 35.6 Å². The lowest BCUT2D eigenvalue weighted by atomic mass is 10.0. The Kier molecular flexibility index (Phi) is 6.83. The van der Waals surface area contributed by atoms with E-state index in [1.165, 1.54) is 10.5 Å². The quantitative estimate of drug-likeness (QED) is 0.520. The zero-order valence-electron chi connectivity index (χ0n) is 19.4. The smallest absolute Gasteiger partial charge is 0.315 e. The molecule has 1 aliphatic heterocycles. The zero-order valence-corrected chi connectivity index (χ0v) is 21.7. The van der Waals surface area contributed by atoms with E-state index in [9.17, 15) is 9.59 Å². The molecule has 0 aliphatic carbocycles. The van der Waals surface area contributed by atoms with Crippen molar-refractivity contribution in [3.05, 3.63) is 53.1 Å². The van der Waals surface area contributed by atoms with Gasteiger partial charge in [0.15, 0.2) is 11.6 Å². The molecule has 3 heterocycles. The Balaban J connectivity index is 1.69. The van der Waals surface area contributed by atoms with Crippen LogP contribution >= 0.6 is 18.5 Å². The third-order valence-corrected chi connectivity index (χ3v) is 6.81. The summed E-state index contributed by atoms with van der Waals surface area (Å²) in [6, 6.07) is 5.78. The minimum atomic E-state index is -0.708. The van der Waals surface area contributed by atoms with Crippen molar-refractivity contribution >= 4 is 52.4 Å². The molecule has 1 aliphatic rings. The van der Waals surface area contributed by atoms with Crippen LogP contribution in [0.1, 0.15) is 34.2 Å². The van der Waals surface area contributed by atoms with E-state index >= 15 is 0 Å². The summed E-state index contributed by atoms with van der Waals surface area (Å²) in [4.78, 5) is 44.3. The largest absolute Gasteiger partial charge is 0.483 e. The molecule has 2 amide bonds. The second kappa shape index (κ2) is 9.65. The molecule has 1 aromatic carbocycles. The Labute approximate surface area is 202 Å². The Bertz CT molecular complexity index is 1360. The van der Waals surface area contributed by atoms with Gasteiger partial charge >= 0.3 is 5.91 Å². The lowest BCUT2D eigenvalue weighted by Gasteiger charge is -2.15. The molecule has 34 heavy (non-hydrogen) atoms. The van der Waals surface area contributed by atoms with E-state index in [2.05, 4.69) is 45.3 Å². The van der Waals surface area contributed by atoms with Gasteiger partial charge in [-0.3, -0.25) is 14.5 Å². The first kappa shape index (κ1) is 24.1. The predicted octanol–water partition coefficient (Wildman–Crippen LogP) is 2.36. The third kappa shape index (κ3) is 4.48. The molecule has 174 valence electrons. The van der Waals surface area contributed by atoms with Crippen molar-refractivity contribution in [2.24, 2.45) is 4.99 Å². The van der Waals surface area contributed by atoms with Crippen molar-refractivity contribution in [2.45, 2.75) is 27.2 Å². The number of carbonyl (C=O) groups is 2. The Hall–Kier alpha value is -3.08. The Morgan fingerprint density at radius 2 is 1.97 bits per heavy atom. The van der Waals surface area contributed by atoms with Crippen LogP contribution in [0, 0.1) is 13.8 Å². The number of hydrogen-bond donors (Lipinski definition) is 0. The number of ether oxygens (including phenoxy) is 1. The fraction of sp³-hybridized carbons (Fsp3) is 0.250. The van der Waals surface area contributed by atoms with E-state index in [4.69, 9.17) is 4.74 Å². The van der Waals surface area contributed by atoms with Crippen molar-refractivity contribution in [3.8, 4) is 17.0 Å². The van der Waals surface area contributed by atoms with Gasteiger partial charge in [-0.1, -0.05) is 19.1 Å². The van der Waals surface area contributed by atoms with Crippen LogP contribution in [0.5, 0.6) is 5.75 Å². The molecular weight excluding hydrogens is 468 g/mol. The fourth-order valence-corrected chi connectivity index (χ4v) is 4.97. The first-order chi connectivity index (χ1) is 16.2. The van der Waals surface area contributed by atoms with E-state index in [-0.39, 0.29) is 18.1 Å². The Morgan fingerprint density at radius 1 is 1.21 bits per heavy atom. The van der Waals surface area contributed by atoms with Crippen molar-refractivity contribution in [1.82, 2.24) is 15.0 Å². The van der Waals surface area contributed by atoms with E-state index < -0.39 is 11.8 Å². The molecule has 0 saturated heterocycles. The highest BCUT2D eigenvalue weighted by Gasteiger charge is 2.28. The van der Waals surface area contributed by atoms with Crippen molar-refractivity contribution in [2.75, 3.05) is 18.6 Å². The maximum Gasteiger partial charge on any atom is 0.315 e. The second-order valence-corrected chi connectivity index (χ2v) is 9.22. The summed E-state index contributed by atoms with van der Waals surface area (Å²) < 4.78 is 5.73. The van der Waals surface area contributed by atoms with Crippen LogP contribution in [0.25, 0.3) is 11.3 Å². The summed E-state index contributed by atoms with van der Waals surface area (Å²) in [6.07, 6.45) is 4.11. The van der Waals surface area contributed by atoms with Gasteiger partial charge in [0.05, 0.1) is 5.69 Å². The maximum absolute atomic E-state index is 13.0. The fourth-order valence-electron chi connectivity index (χ4n) is 3.74. The van der Waals surface area contributed by atoms with E-state index in [0.29, 0.717) is 17.3 Å². The van der Waals surface area contributed by atoms with Crippen LogP contribution in [-0.2, 0) is 11.2 Å². The summed E-state index contributed by atoms with van der Waals surface area (Å²) in [5.74, 6) is -0.428. The van der Waals surface area contributed by atoms with Gasteiger partial charge in [-0.2, -0.15) is 0 Å². The SMILES string of the molecule is CCc1c(P)ccc(-c2nc(C(=O)N=C3COc4cc(C)cnc4N(C)C3=O)ncc2C)c1P. The number of aryl methyl sites for hydroxylation is 2. The lowest BCUT2D eigenvalue weighted by molar-refractivity contribution is -0.112. The molecule has 0 radical (unpaired) electrons. The number of aliphatic imine (C=N–C) groups is 1. The van der Waals surface area contributed by atoms with Gasteiger partial charge in [-0.15, -0.1) is 18.5 Å². The third-order valence-electron chi connectivity index (χ3n) is 5.60. The summed E-state index contributed by atoms with van der Waals surface area (Å²) in [5, 5.41) is 2.14. The average Bonchev–Trinajstić information content (AvgIpc) is 2.92. The Morgan fingerprint density at radius 3 is 2.71 bits per heavy atom. The number of fused-ring (bicyclic) bond motifs is 1.